The van der Waals surface area contributed by atoms with E-state index in [0.29, 0.717) is 0 Å². The summed E-state index contributed by atoms with van der Waals surface area (Å²) in [5.41, 5.74) is 8.66. The molecule has 0 aliphatic rings. The first-order valence-electron chi connectivity index (χ1n) is 13.7. The molecule has 1 heterocycles. The van der Waals surface area contributed by atoms with Gasteiger partial charge in [0, 0.05) is 34.0 Å². The van der Waals surface area contributed by atoms with E-state index in [4.69, 9.17) is 0 Å². The molecule has 2 aromatic carbocycles. The molecule has 3 rings (SSSR count). The minimum atomic E-state index is 0.860. The van der Waals surface area contributed by atoms with Gasteiger partial charge in [-0.3, -0.25) is 0 Å². The Bertz CT molecular complexity index is 1330. The molecule has 3 aromatic rings. The zero-order valence-corrected chi connectivity index (χ0v) is 23.9. The molecule has 0 amide bonds. The van der Waals surface area contributed by atoms with Crippen molar-refractivity contribution in [1.29, 1.82) is 0 Å². The van der Waals surface area contributed by atoms with Crippen molar-refractivity contribution in [3.05, 3.63) is 119 Å². The van der Waals surface area contributed by atoms with Gasteiger partial charge in [0.25, 0.3) is 0 Å². The number of aromatic nitrogens is 1. The highest BCUT2D eigenvalue weighted by atomic mass is 32.2. The molecule has 1 aromatic heterocycles. The van der Waals surface area contributed by atoms with Crippen LogP contribution in [0.2, 0.25) is 0 Å². The Kier molecular flexibility index (Phi) is 11.4. The Morgan fingerprint density at radius 1 is 0.919 bits per heavy atom. The summed E-state index contributed by atoms with van der Waals surface area (Å²) >= 11 is 1.87. The van der Waals surface area contributed by atoms with Gasteiger partial charge in [0.15, 0.2) is 0 Å². The van der Waals surface area contributed by atoms with E-state index in [1.54, 1.807) is 0 Å². The second-order valence-corrected chi connectivity index (χ2v) is 10.9. The van der Waals surface area contributed by atoms with E-state index in [0.717, 1.165) is 37.0 Å². The maximum Gasteiger partial charge on any atom is 0.0465 e. The van der Waals surface area contributed by atoms with Crippen molar-refractivity contribution in [3.63, 3.8) is 0 Å². The molecular formula is C35H43NS. The molecule has 0 bridgehead atoms. The minimum absolute atomic E-state index is 0.860. The molecule has 0 spiro atoms. The fourth-order valence-corrected chi connectivity index (χ4v) is 5.56. The molecule has 37 heavy (non-hydrogen) atoms. The van der Waals surface area contributed by atoms with Gasteiger partial charge in [-0.05, 0) is 78.0 Å². The Labute approximate surface area is 228 Å². The van der Waals surface area contributed by atoms with Crippen molar-refractivity contribution >= 4 is 33.6 Å². The molecule has 0 fully saturated rings. The summed E-state index contributed by atoms with van der Waals surface area (Å²) < 4.78 is 0. The van der Waals surface area contributed by atoms with E-state index >= 15 is 0 Å². The molecular weight excluding hydrogens is 466 g/mol. The third-order valence-corrected chi connectivity index (χ3v) is 7.83. The third kappa shape index (κ3) is 8.01. The molecule has 0 aliphatic heterocycles. The molecule has 1 nitrogen and oxygen atoms in total. The summed E-state index contributed by atoms with van der Waals surface area (Å²) in [5, 5.41) is 2.55. The highest BCUT2D eigenvalue weighted by molar-refractivity contribution is 8.03. The summed E-state index contributed by atoms with van der Waals surface area (Å²) in [5.74, 6) is 0.867. The van der Waals surface area contributed by atoms with E-state index < -0.39 is 0 Å². The Morgan fingerprint density at radius 2 is 1.65 bits per heavy atom. The van der Waals surface area contributed by atoms with Crippen LogP contribution in [0.25, 0.3) is 21.8 Å². The van der Waals surface area contributed by atoms with Crippen molar-refractivity contribution in [2.45, 2.75) is 65.7 Å². The average molecular weight is 510 g/mol. The Morgan fingerprint density at radius 3 is 2.38 bits per heavy atom. The topological polar surface area (TPSA) is 15.8 Å². The normalized spacial score (nSPS) is 13.2. The van der Waals surface area contributed by atoms with Gasteiger partial charge in [0.2, 0.25) is 0 Å². The van der Waals surface area contributed by atoms with Gasteiger partial charge >= 0.3 is 0 Å². The van der Waals surface area contributed by atoms with Crippen LogP contribution in [0.3, 0.4) is 0 Å². The number of allylic oxidation sites excluding steroid dienone is 8. The van der Waals surface area contributed by atoms with Crippen molar-refractivity contribution in [2.75, 3.05) is 5.75 Å². The van der Waals surface area contributed by atoms with Crippen molar-refractivity contribution < 1.29 is 0 Å². The smallest absolute Gasteiger partial charge is 0.0465 e. The van der Waals surface area contributed by atoms with Gasteiger partial charge in [-0.15, -0.1) is 18.3 Å². The third-order valence-electron chi connectivity index (χ3n) is 6.71. The Hall–Kier alpha value is -2.97. The predicted octanol–water partition coefficient (Wildman–Crippen LogP) is 11.0. The quantitative estimate of drug-likeness (QED) is 0.159. The lowest BCUT2D eigenvalue weighted by atomic mass is 9.96. The number of para-hydroxylation sites is 1. The lowest BCUT2D eigenvalue weighted by Gasteiger charge is -2.16. The van der Waals surface area contributed by atoms with Crippen LogP contribution >= 0.6 is 11.8 Å². The van der Waals surface area contributed by atoms with Gasteiger partial charge < -0.3 is 4.98 Å². The van der Waals surface area contributed by atoms with Crippen LogP contribution in [0.4, 0.5) is 0 Å². The zero-order valence-electron chi connectivity index (χ0n) is 23.0. The number of fused-ring (bicyclic) bond motifs is 3. The van der Waals surface area contributed by atoms with E-state index in [-0.39, 0.29) is 0 Å². The van der Waals surface area contributed by atoms with E-state index in [9.17, 15) is 0 Å². The van der Waals surface area contributed by atoms with E-state index in [2.05, 4.69) is 100 Å². The van der Waals surface area contributed by atoms with Gasteiger partial charge in [-0.25, -0.2) is 0 Å². The summed E-state index contributed by atoms with van der Waals surface area (Å²) in [7, 11) is 0. The summed E-state index contributed by atoms with van der Waals surface area (Å²) in [4.78, 5) is 4.89. The van der Waals surface area contributed by atoms with Gasteiger partial charge in [-0.1, -0.05) is 94.0 Å². The molecule has 0 saturated carbocycles. The van der Waals surface area contributed by atoms with Gasteiger partial charge in [0.1, 0.15) is 0 Å². The minimum Gasteiger partial charge on any atom is -0.355 e. The molecule has 0 atom stereocenters. The average Bonchev–Trinajstić information content (AvgIpc) is 3.28. The zero-order chi connectivity index (χ0) is 26.6. The first-order chi connectivity index (χ1) is 18.0. The monoisotopic (exact) mass is 509 g/mol. The second-order valence-electron chi connectivity index (χ2n) is 9.81. The maximum absolute atomic E-state index is 4.57. The highest BCUT2D eigenvalue weighted by Crippen LogP contribution is 2.33. The maximum atomic E-state index is 4.57. The predicted molar refractivity (Wildman–Crippen MR) is 169 cm³/mol. The summed E-state index contributed by atoms with van der Waals surface area (Å²) in [6, 6.07) is 15.4. The number of unbranched alkanes of at least 4 members (excludes halogenated alkanes) is 2. The van der Waals surface area contributed by atoms with Crippen LogP contribution in [-0.2, 0) is 6.42 Å². The van der Waals surface area contributed by atoms with Crippen LogP contribution in [0.5, 0.6) is 0 Å². The first kappa shape index (κ1) is 28.6. The molecule has 1 N–H and O–H groups in total. The largest absolute Gasteiger partial charge is 0.355 e. The number of benzene rings is 2. The number of nitrogens with one attached hydrogen (secondary N) is 1. The van der Waals surface area contributed by atoms with Crippen LogP contribution in [0.1, 0.15) is 64.9 Å². The van der Waals surface area contributed by atoms with Crippen LogP contribution in [0, 0.1) is 0 Å². The highest BCUT2D eigenvalue weighted by Gasteiger charge is 2.12. The summed E-state index contributed by atoms with van der Waals surface area (Å²) in [6.07, 6.45) is 16.4. The number of rotatable bonds is 15. The second kappa shape index (κ2) is 14.7. The fourth-order valence-electron chi connectivity index (χ4n) is 4.63. The SMILES string of the molecule is C=CCS/C(Cc1ccc2[nH]c3ccccc3c2c1)=C(/C=C(\C=C)CCCC)C(=C)/C=C(\C)CCCC. The van der Waals surface area contributed by atoms with Crippen molar-refractivity contribution in [1.82, 2.24) is 4.98 Å². The Balaban J connectivity index is 2.10. The lowest BCUT2D eigenvalue weighted by molar-refractivity contribution is 0.787. The molecule has 0 radical (unpaired) electrons. The van der Waals surface area contributed by atoms with E-state index in [1.807, 2.05) is 23.9 Å². The number of aromatic amines is 1. The summed E-state index contributed by atoms with van der Waals surface area (Å²) in [6.45, 7) is 19.4. The molecule has 0 saturated heterocycles. The first-order valence-corrected chi connectivity index (χ1v) is 14.6. The number of hydrogen-bond donors (Lipinski definition) is 1. The van der Waals surface area contributed by atoms with Crippen LogP contribution in [0.15, 0.2) is 114 Å². The molecule has 0 aliphatic carbocycles. The van der Waals surface area contributed by atoms with Crippen LogP contribution in [-0.4, -0.2) is 10.7 Å². The number of hydrogen-bond acceptors (Lipinski definition) is 1. The van der Waals surface area contributed by atoms with E-state index in [1.165, 1.54) is 68.3 Å². The van der Waals surface area contributed by atoms with Gasteiger partial charge in [-0.2, -0.15) is 0 Å². The lowest BCUT2D eigenvalue weighted by Crippen LogP contribution is -1.97. The number of H-pyrrole nitrogens is 1. The molecule has 2 heteroatoms. The van der Waals surface area contributed by atoms with Crippen molar-refractivity contribution in [3.8, 4) is 0 Å². The fraction of sp³-hybridized carbons (Fsp3) is 0.314. The van der Waals surface area contributed by atoms with Crippen LogP contribution < -0.4 is 0 Å². The van der Waals surface area contributed by atoms with Crippen molar-refractivity contribution in [2.24, 2.45) is 0 Å². The molecule has 0 unspecified atom stereocenters. The standard InChI is InChI=1S/C35H43NS/c1-7-11-15-26(5)22-27(6)31(23-28(10-4)16-12-8-2)35(37-21-9-3)25-29-19-20-34-32(24-29)30-17-13-14-18-33(30)36-34/h9-10,13-14,17-20,22-24,36H,3-4,6-8,11-12,15-16,21,25H2,1-2,5H3/b26-22+,28-23+,35-31-. The number of thioether (sulfide) groups is 1. The van der Waals surface area contributed by atoms with Gasteiger partial charge in [0.05, 0.1) is 0 Å². The molecule has 194 valence electrons.